The van der Waals surface area contributed by atoms with Crippen LogP contribution < -0.4 is 4.74 Å². The molecule has 140 valence electrons. The molecule has 5 nitrogen and oxygen atoms in total. The van der Waals surface area contributed by atoms with Crippen molar-refractivity contribution in [3.05, 3.63) is 71.7 Å². The number of hydrogen-bond acceptors (Lipinski definition) is 4. The van der Waals surface area contributed by atoms with Crippen molar-refractivity contribution in [2.45, 2.75) is 26.4 Å². The first-order chi connectivity index (χ1) is 13.0. The van der Waals surface area contributed by atoms with Gasteiger partial charge in [-0.1, -0.05) is 23.4 Å². The maximum atomic E-state index is 13.5. The topological polar surface area (TPSA) is 55.6 Å². The molecule has 0 radical (unpaired) electrons. The molecule has 0 aliphatic rings. The molecule has 27 heavy (non-hydrogen) atoms. The van der Waals surface area contributed by atoms with Gasteiger partial charge in [0.15, 0.2) is 5.76 Å². The van der Waals surface area contributed by atoms with Gasteiger partial charge < -0.3 is 14.2 Å². The van der Waals surface area contributed by atoms with Gasteiger partial charge in [0.2, 0.25) is 0 Å². The number of nitrogens with zero attached hydrogens (tertiary/aromatic N) is 2. The molecule has 3 aromatic rings. The Labute approximate surface area is 157 Å². The molecule has 6 heteroatoms. The summed E-state index contributed by atoms with van der Waals surface area (Å²) in [4.78, 5) is 14.4. The Balaban J connectivity index is 1.84. The number of amides is 1. The van der Waals surface area contributed by atoms with Crippen LogP contribution in [0, 0.1) is 5.82 Å². The molecule has 2 aromatic carbocycles. The summed E-state index contributed by atoms with van der Waals surface area (Å²) in [7, 11) is 1.59. The number of aromatic nitrogens is 1. The first-order valence-electron chi connectivity index (χ1n) is 8.65. The minimum Gasteiger partial charge on any atom is -0.496 e. The summed E-state index contributed by atoms with van der Waals surface area (Å²) in [6, 6.07) is 14.8. The number of para-hydroxylation sites is 1. The zero-order chi connectivity index (χ0) is 19.4. The first-order valence-corrected chi connectivity index (χ1v) is 8.65. The standard InChI is InChI=1S/C21H21FN2O3/c1-14(2)24(21(25)15-7-6-8-16(22)11-15)13-17-12-20(27-23-17)18-9-4-5-10-19(18)26-3/h4-12,14H,13H2,1-3H3. The fourth-order valence-electron chi connectivity index (χ4n) is 2.81. The molecule has 0 bridgehead atoms. The van der Waals surface area contributed by atoms with Crippen molar-refractivity contribution >= 4 is 5.91 Å². The van der Waals surface area contributed by atoms with Gasteiger partial charge in [0.25, 0.3) is 5.91 Å². The Kier molecular flexibility index (Phi) is 5.54. The van der Waals surface area contributed by atoms with E-state index in [1.54, 1.807) is 24.1 Å². The van der Waals surface area contributed by atoms with Crippen molar-refractivity contribution in [1.82, 2.24) is 10.1 Å². The largest absolute Gasteiger partial charge is 0.496 e. The smallest absolute Gasteiger partial charge is 0.254 e. The van der Waals surface area contributed by atoms with Crippen LogP contribution >= 0.6 is 0 Å². The molecule has 3 rings (SSSR count). The summed E-state index contributed by atoms with van der Waals surface area (Å²) >= 11 is 0. The van der Waals surface area contributed by atoms with Crippen molar-refractivity contribution in [1.29, 1.82) is 0 Å². The van der Waals surface area contributed by atoms with Crippen molar-refractivity contribution in [2.24, 2.45) is 0 Å². The molecule has 0 aliphatic heterocycles. The first kappa shape index (κ1) is 18.6. The predicted molar refractivity (Wildman–Crippen MR) is 99.9 cm³/mol. The van der Waals surface area contributed by atoms with E-state index in [0.717, 1.165) is 5.56 Å². The number of methoxy groups -OCH3 is 1. The molecule has 1 amide bonds. The Hall–Kier alpha value is -3.15. The van der Waals surface area contributed by atoms with Gasteiger partial charge in [-0.15, -0.1) is 0 Å². The molecule has 0 unspecified atom stereocenters. The second kappa shape index (κ2) is 8.03. The Bertz CT molecular complexity index is 936. The predicted octanol–water partition coefficient (Wildman–Crippen LogP) is 4.54. The fourth-order valence-corrected chi connectivity index (χ4v) is 2.81. The highest BCUT2D eigenvalue weighted by molar-refractivity contribution is 5.94. The van der Waals surface area contributed by atoms with E-state index in [-0.39, 0.29) is 18.5 Å². The van der Waals surface area contributed by atoms with Crippen LogP contribution in [-0.2, 0) is 6.54 Å². The van der Waals surface area contributed by atoms with Crippen LogP contribution in [0.2, 0.25) is 0 Å². The molecular weight excluding hydrogens is 347 g/mol. The summed E-state index contributed by atoms with van der Waals surface area (Å²) in [6.45, 7) is 4.06. The lowest BCUT2D eigenvalue weighted by Crippen LogP contribution is -2.36. The fraction of sp³-hybridized carbons (Fsp3) is 0.238. The second-order valence-corrected chi connectivity index (χ2v) is 6.42. The molecule has 1 heterocycles. The molecular formula is C21H21FN2O3. The molecule has 0 spiro atoms. The van der Waals surface area contributed by atoms with Crippen LogP contribution in [0.4, 0.5) is 4.39 Å². The van der Waals surface area contributed by atoms with Crippen molar-refractivity contribution in [2.75, 3.05) is 7.11 Å². The Morgan fingerprint density at radius 1 is 1.19 bits per heavy atom. The maximum Gasteiger partial charge on any atom is 0.254 e. The Morgan fingerprint density at radius 2 is 1.96 bits per heavy atom. The van der Waals surface area contributed by atoms with Crippen LogP contribution in [0.15, 0.2) is 59.1 Å². The van der Waals surface area contributed by atoms with Gasteiger partial charge in [0.05, 0.1) is 19.2 Å². The van der Waals surface area contributed by atoms with Crippen LogP contribution in [-0.4, -0.2) is 29.1 Å². The number of benzene rings is 2. The van der Waals surface area contributed by atoms with Gasteiger partial charge in [-0.25, -0.2) is 4.39 Å². The third kappa shape index (κ3) is 4.16. The Morgan fingerprint density at radius 3 is 2.67 bits per heavy atom. The molecule has 0 saturated heterocycles. The third-order valence-corrected chi connectivity index (χ3v) is 4.22. The molecule has 0 N–H and O–H groups in total. The van der Waals surface area contributed by atoms with E-state index in [9.17, 15) is 9.18 Å². The van der Waals surface area contributed by atoms with E-state index in [4.69, 9.17) is 9.26 Å². The summed E-state index contributed by atoms with van der Waals surface area (Å²) in [6.07, 6.45) is 0. The SMILES string of the molecule is COc1ccccc1-c1cc(CN(C(=O)c2cccc(F)c2)C(C)C)no1. The quantitative estimate of drug-likeness (QED) is 0.641. The zero-order valence-corrected chi connectivity index (χ0v) is 15.5. The van der Waals surface area contributed by atoms with Crippen LogP contribution in [0.25, 0.3) is 11.3 Å². The summed E-state index contributed by atoms with van der Waals surface area (Å²) in [5, 5.41) is 4.09. The highest BCUT2D eigenvalue weighted by atomic mass is 19.1. The van der Waals surface area contributed by atoms with E-state index in [0.29, 0.717) is 22.8 Å². The van der Waals surface area contributed by atoms with E-state index >= 15 is 0 Å². The van der Waals surface area contributed by atoms with E-state index in [2.05, 4.69) is 5.16 Å². The van der Waals surface area contributed by atoms with Crippen LogP contribution in [0.3, 0.4) is 0 Å². The minimum absolute atomic E-state index is 0.0906. The maximum absolute atomic E-state index is 13.5. The number of rotatable bonds is 6. The molecule has 0 saturated carbocycles. The lowest BCUT2D eigenvalue weighted by molar-refractivity contribution is 0.0685. The zero-order valence-electron chi connectivity index (χ0n) is 15.5. The van der Waals surface area contributed by atoms with Crippen molar-refractivity contribution in [3.63, 3.8) is 0 Å². The molecule has 0 fully saturated rings. The summed E-state index contributed by atoms with van der Waals surface area (Å²) in [5.41, 5.74) is 1.69. The molecule has 0 atom stereocenters. The molecule has 0 aliphatic carbocycles. The van der Waals surface area contributed by atoms with E-state index in [1.165, 1.54) is 18.2 Å². The van der Waals surface area contributed by atoms with Gasteiger partial charge >= 0.3 is 0 Å². The number of ether oxygens (including phenoxy) is 1. The van der Waals surface area contributed by atoms with Gasteiger partial charge in [0, 0.05) is 17.7 Å². The lowest BCUT2D eigenvalue weighted by atomic mass is 10.1. The van der Waals surface area contributed by atoms with Gasteiger partial charge in [-0.3, -0.25) is 4.79 Å². The number of halogens is 1. The second-order valence-electron chi connectivity index (χ2n) is 6.42. The van der Waals surface area contributed by atoms with E-state index in [1.807, 2.05) is 38.1 Å². The monoisotopic (exact) mass is 368 g/mol. The normalized spacial score (nSPS) is 10.9. The van der Waals surface area contributed by atoms with Gasteiger partial charge in [-0.2, -0.15) is 0 Å². The number of carbonyl (C=O) groups excluding carboxylic acids is 1. The van der Waals surface area contributed by atoms with Crippen molar-refractivity contribution in [3.8, 4) is 17.1 Å². The highest BCUT2D eigenvalue weighted by Gasteiger charge is 2.22. The number of carbonyl (C=O) groups is 1. The van der Waals surface area contributed by atoms with Gasteiger partial charge in [0.1, 0.15) is 17.3 Å². The minimum atomic E-state index is -0.440. The van der Waals surface area contributed by atoms with E-state index < -0.39 is 5.82 Å². The molecule has 1 aromatic heterocycles. The highest BCUT2D eigenvalue weighted by Crippen LogP contribution is 2.30. The average molecular weight is 368 g/mol. The number of hydrogen-bond donors (Lipinski definition) is 0. The van der Waals surface area contributed by atoms with Crippen LogP contribution in [0.1, 0.15) is 29.9 Å². The lowest BCUT2D eigenvalue weighted by Gasteiger charge is -2.25. The van der Waals surface area contributed by atoms with Gasteiger partial charge in [-0.05, 0) is 44.2 Å². The summed E-state index contributed by atoms with van der Waals surface area (Å²) < 4.78 is 24.3. The van der Waals surface area contributed by atoms with Crippen LogP contribution in [0.5, 0.6) is 5.75 Å². The van der Waals surface area contributed by atoms with Crippen molar-refractivity contribution < 1.29 is 18.4 Å². The average Bonchev–Trinajstić information content (AvgIpc) is 3.14. The summed E-state index contributed by atoms with van der Waals surface area (Å²) in [5.74, 6) is 0.539. The third-order valence-electron chi connectivity index (χ3n) is 4.22.